The van der Waals surface area contributed by atoms with Gasteiger partial charge >= 0.3 is 6.18 Å². The Kier molecular flexibility index (Phi) is 5.38. The van der Waals surface area contributed by atoms with Gasteiger partial charge in [-0.1, -0.05) is 18.2 Å². The number of halogens is 3. The summed E-state index contributed by atoms with van der Waals surface area (Å²) in [6, 6.07) is 15.1. The minimum atomic E-state index is -4.64. The Labute approximate surface area is 186 Å². The molecule has 0 saturated heterocycles. The summed E-state index contributed by atoms with van der Waals surface area (Å²) in [6.45, 7) is 1.71. The van der Waals surface area contributed by atoms with E-state index in [0.717, 1.165) is 12.3 Å². The number of rotatable bonds is 4. The molecule has 2 aromatic heterocycles. The zero-order valence-corrected chi connectivity index (χ0v) is 18.5. The molecule has 0 spiro atoms. The van der Waals surface area contributed by atoms with E-state index in [2.05, 4.69) is 5.10 Å². The average molecular weight is 479 g/mol. The molecule has 0 amide bonds. The molecule has 10 heteroatoms. The molecule has 0 aliphatic carbocycles. The van der Waals surface area contributed by atoms with Crippen LogP contribution in [0.15, 0.2) is 65.6 Å². The van der Waals surface area contributed by atoms with Crippen LogP contribution in [-0.2, 0) is 16.0 Å². The van der Waals surface area contributed by atoms with Crippen LogP contribution in [-0.4, -0.2) is 29.6 Å². The standard InChI is InChI=1S/C22H17F3N2O3S2/c1-13-6-7-15(28)11-17(13)27-18(12-21(26-27)22(23,24)25)20-9-8-19(31-20)14-4-3-5-16(10-14)32(2,29)30/h3-12,28H,1-2H3. The molecule has 0 aliphatic heterocycles. The topological polar surface area (TPSA) is 72.2 Å². The number of sulfone groups is 1. The Morgan fingerprint density at radius 3 is 2.41 bits per heavy atom. The molecule has 32 heavy (non-hydrogen) atoms. The second kappa shape index (κ2) is 7.79. The summed E-state index contributed by atoms with van der Waals surface area (Å²) in [5.41, 5.74) is 0.758. The van der Waals surface area contributed by atoms with Gasteiger partial charge in [-0.25, -0.2) is 13.1 Å². The summed E-state index contributed by atoms with van der Waals surface area (Å²) in [6.07, 6.45) is -3.53. The average Bonchev–Trinajstić information content (AvgIpc) is 3.36. The van der Waals surface area contributed by atoms with Crippen molar-refractivity contribution >= 4 is 21.2 Å². The van der Waals surface area contributed by atoms with Crippen molar-refractivity contribution in [3.8, 4) is 32.4 Å². The number of phenols is 1. The van der Waals surface area contributed by atoms with E-state index in [0.29, 0.717) is 26.6 Å². The minimum Gasteiger partial charge on any atom is -0.508 e. The Morgan fingerprint density at radius 1 is 1.00 bits per heavy atom. The fourth-order valence-corrected chi connectivity index (χ4v) is 4.89. The van der Waals surface area contributed by atoms with Gasteiger partial charge in [-0.05, 0) is 54.4 Å². The van der Waals surface area contributed by atoms with Gasteiger partial charge in [-0.15, -0.1) is 11.3 Å². The largest absolute Gasteiger partial charge is 0.508 e. The fraction of sp³-hybridized carbons (Fsp3) is 0.136. The lowest BCUT2D eigenvalue weighted by atomic mass is 10.2. The molecule has 5 nitrogen and oxygen atoms in total. The third-order valence-corrected chi connectivity index (χ3v) is 7.09. The Bertz CT molecular complexity index is 1420. The van der Waals surface area contributed by atoms with Gasteiger partial charge in [0.2, 0.25) is 0 Å². The van der Waals surface area contributed by atoms with E-state index in [1.807, 2.05) is 0 Å². The zero-order valence-electron chi connectivity index (χ0n) is 16.9. The van der Waals surface area contributed by atoms with Gasteiger partial charge in [-0.3, -0.25) is 0 Å². The van der Waals surface area contributed by atoms with Gasteiger partial charge in [0.15, 0.2) is 15.5 Å². The summed E-state index contributed by atoms with van der Waals surface area (Å²) in [7, 11) is -3.40. The summed E-state index contributed by atoms with van der Waals surface area (Å²) in [5, 5.41) is 13.6. The maximum absolute atomic E-state index is 13.4. The van der Waals surface area contributed by atoms with Crippen LogP contribution in [0.1, 0.15) is 11.3 Å². The molecule has 1 N–H and O–H groups in total. The highest BCUT2D eigenvalue weighted by Gasteiger charge is 2.35. The molecule has 4 aromatic rings. The third-order valence-electron chi connectivity index (χ3n) is 4.83. The van der Waals surface area contributed by atoms with E-state index >= 15 is 0 Å². The van der Waals surface area contributed by atoms with Crippen molar-refractivity contribution in [3.05, 3.63) is 71.9 Å². The summed E-state index contributed by atoms with van der Waals surface area (Å²) in [5.74, 6) is -0.0925. The normalized spacial score (nSPS) is 12.3. The van der Waals surface area contributed by atoms with E-state index in [4.69, 9.17) is 0 Å². The van der Waals surface area contributed by atoms with E-state index in [1.54, 1.807) is 37.3 Å². The number of hydrogen-bond acceptors (Lipinski definition) is 5. The third kappa shape index (κ3) is 4.28. The van der Waals surface area contributed by atoms with Gasteiger partial charge in [-0.2, -0.15) is 18.3 Å². The van der Waals surface area contributed by atoms with Crippen LogP contribution in [0.4, 0.5) is 13.2 Å². The molecule has 4 rings (SSSR count). The van der Waals surface area contributed by atoms with Crippen LogP contribution >= 0.6 is 11.3 Å². The fourth-order valence-electron chi connectivity index (χ4n) is 3.22. The number of phenolic OH excluding ortho intramolecular Hbond substituents is 1. The van der Waals surface area contributed by atoms with Crippen molar-refractivity contribution in [3.63, 3.8) is 0 Å². The smallest absolute Gasteiger partial charge is 0.435 e. The van der Waals surface area contributed by atoms with Crippen molar-refractivity contribution in [2.45, 2.75) is 18.0 Å². The SMILES string of the molecule is Cc1ccc(O)cc1-n1nc(C(F)(F)F)cc1-c1ccc(-c2cccc(S(C)(=O)=O)c2)s1. The quantitative estimate of drug-likeness (QED) is 0.408. The maximum atomic E-state index is 13.4. The molecule has 0 aliphatic rings. The monoisotopic (exact) mass is 478 g/mol. The molecule has 0 saturated carbocycles. The highest BCUT2D eigenvalue weighted by atomic mass is 32.2. The molecular weight excluding hydrogens is 461 g/mol. The van der Waals surface area contributed by atoms with Gasteiger partial charge in [0.1, 0.15) is 5.75 Å². The molecule has 166 valence electrons. The van der Waals surface area contributed by atoms with Crippen LogP contribution in [0, 0.1) is 6.92 Å². The number of thiophene rings is 1. The van der Waals surface area contributed by atoms with Gasteiger partial charge in [0, 0.05) is 17.2 Å². The lowest BCUT2D eigenvalue weighted by molar-refractivity contribution is -0.141. The molecule has 0 bridgehead atoms. The second-order valence-corrected chi connectivity index (χ2v) is 10.4. The zero-order chi connectivity index (χ0) is 23.3. The van der Waals surface area contributed by atoms with Crippen LogP contribution in [0.25, 0.3) is 26.7 Å². The molecule has 0 unspecified atom stereocenters. The number of hydrogen-bond donors (Lipinski definition) is 1. The maximum Gasteiger partial charge on any atom is 0.435 e. The lowest BCUT2D eigenvalue weighted by Gasteiger charge is -2.10. The summed E-state index contributed by atoms with van der Waals surface area (Å²) >= 11 is 1.22. The Balaban J connectivity index is 1.86. The van der Waals surface area contributed by atoms with Crippen LogP contribution < -0.4 is 0 Å². The van der Waals surface area contributed by atoms with Crippen molar-refractivity contribution in [2.24, 2.45) is 0 Å². The highest BCUT2D eigenvalue weighted by Crippen LogP contribution is 2.39. The highest BCUT2D eigenvalue weighted by molar-refractivity contribution is 7.90. The minimum absolute atomic E-state index is 0.0925. The van der Waals surface area contributed by atoms with E-state index < -0.39 is 21.7 Å². The summed E-state index contributed by atoms with van der Waals surface area (Å²) < 4.78 is 65.2. The van der Waals surface area contributed by atoms with Crippen LogP contribution in [0.3, 0.4) is 0 Å². The number of alkyl halides is 3. The first-order chi connectivity index (χ1) is 14.9. The van der Waals surface area contributed by atoms with Crippen LogP contribution in [0.2, 0.25) is 0 Å². The number of aromatic hydroxyl groups is 1. The Morgan fingerprint density at radius 2 is 1.72 bits per heavy atom. The molecular formula is C22H17F3N2O3S2. The van der Waals surface area contributed by atoms with E-state index in [1.165, 1.54) is 40.3 Å². The predicted molar refractivity (Wildman–Crippen MR) is 117 cm³/mol. The number of benzene rings is 2. The molecule has 2 aromatic carbocycles. The Hall–Kier alpha value is -3.11. The van der Waals surface area contributed by atoms with Crippen molar-refractivity contribution in [1.29, 1.82) is 0 Å². The van der Waals surface area contributed by atoms with Crippen molar-refractivity contribution < 1.29 is 26.7 Å². The second-order valence-electron chi connectivity index (χ2n) is 7.26. The predicted octanol–water partition coefficient (Wildman–Crippen LogP) is 5.70. The first-order valence-corrected chi connectivity index (χ1v) is 12.0. The first-order valence-electron chi connectivity index (χ1n) is 9.31. The van der Waals surface area contributed by atoms with E-state index in [-0.39, 0.29) is 16.3 Å². The number of aryl methyl sites for hydroxylation is 1. The first kappa shape index (κ1) is 22.1. The van der Waals surface area contributed by atoms with Crippen LogP contribution in [0.5, 0.6) is 5.75 Å². The number of aromatic nitrogens is 2. The van der Waals surface area contributed by atoms with Crippen molar-refractivity contribution in [1.82, 2.24) is 9.78 Å². The van der Waals surface area contributed by atoms with Gasteiger partial charge in [0.05, 0.1) is 21.2 Å². The van der Waals surface area contributed by atoms with Gasteiger partial charge in [0.25, 0.3) is 0 Å². The number of nitrogens with zero attached hydrogens (tertiary/aromatic N) is 2. The van der Waals surface area contributed by atoms with Gasteiger partial charge < -0.3 is 5.11 Å². The summed E-state index contributed by atoms with van der Waals surface area (Å²) in [4.78, 5) is 1.36. The lowest BCUT2D eigenvalue weighted by Crippen LogP contribution is -2.08. The molecule has 2 heterocycles. The molecule has 0 radical (unpaired) electrons. The van der Waals surface area contributed by atoms with Crippen molar-refractivity contribution in [2.75, 3.05) is 6.26 Å². The molecule has 0 atom stereocenters. The molecule has 0 fully saturated rings. The van der Waals surface area contributed by atoms with E-state index in [9.17, 15) is 26.7 Å².